The Morgan fingerprint density at radius 2 is 0.877 bits per heavy atom. The summed E-state index contributed by atoms with van der Waals surface area (Å²) in [6.07, 6.45) is 41.3. The molecule has 11 nitrogen and oxygen atoms in total. The number of aliphatic carboxylic acids is 1. The molecule has 0 fully saturated rings. The molecule has 0 aromatic heterocycles. The van der Waals surface area contributed by atoms with Gasteiger partial charge in [0.2, 0.25) is 0 Å². The Hall–Kier alpha value is -1.78. The molecule has 0 saturated carbocycles. The van der Waals surface area contributed by atoms with Crippen LogP contribution in [0, 0.1) is 0 Å². The molecule has 336 valence electrons. The van der Waals surface area contributed by atoms with E-state index in [1.807, 2.05) is 0 Å². The fourth-order valence-corrected chi connectivity index (χ4v) is 7.37. The zero-order chi connectivity index (χ0) is 42.1. The number of hydrogen-bond donors (Lipinski definition) is 3. The fourth-order valence-electron chi connectivity index (χ4n) is 6.59. The number of esters is 2. The molecule has 0 amide bonds. The molecule has 1 unspecified atom stereocenters. The summed E-state index contributed by atoms with van der Waals surface area (Å²) in [6.45, 7) is 2.82. The minimum Gasteiger partial charge on any atom is -0.480 e. The van der Waals surface area contributed by atoms with Crippen molar-refractivity contribution in [2.45, 2.75) is 238 Å². The standard InChI is InChI=1S/C45H86NO10P/c1-3-5-7-9-11-13-15-17-19-20-21-23-25-27-29-31-33-35-37-44(48)56-41(39-54-57(51,52)55-40-42(46)45(49)50)38-53-43(47)36-34-32-30-28-26-24-22-18-16-14-12-10-8-6-4-2/h24,26,41-42H,3-23,25,27-40,46H2,1-2H3,(H,49,50)(H,51,52)/b26-24+/t41-,42+/m1/s1. The number of hydrogen-bond acceptors (Lipinski definition) is 9. The summed E-state index contributed by atoms with van der Waals surface area (Å²) in [5, 5.41) is 8.89. The molecule has 0 aliphatic rings. The zero-order valence-electron chi connectivity index (χ0n) is 36.5. The Labute approximate surface area is 348 Å². The monoisotopic (exact) mass is 832 g/mol. The summed E-state index contributed by atoms with van der Waals surface area (Å²) >= 11 is 0. The maximum Gasteiger partial charge on any atom is 0.472 e. The fraction of sp³-hybridized carbons (Fsp3) is 0.889. The Kier molecular flexibility index (Phi) is 39.7. The van der Waals surface area contributed by atoms with E-state index in [1.54, 1.807) is 0 Å². The van der Waals surface area contributed by atoms with Crippen LogP contribution in [0.25, 0.3) is 0 Å². The van der Waals surface area contributed by atoms with Crippen LogP contribution in [-0.2, 0) is 37.5 Å². The van der Waals surface area contributed by atoms with Crippen LogP contribution in [0.1, 0.15) is 226 Å². The summed E-state index contributed by atoms with van der Waals surface area (Å²) in [4.78, 5) is 46.0. The number of carboxylic acid groups (broad SMARTS) is 1. The summed E-state index contributed by atoms with van der Waals surface area (Å²) in [5.41, 5.74) is 5.34. The molecule has 4 N–H and O–H groups in total. The molecule has 0 aromatic carbocycles. The van der Waals surface area contributed by atoms with Gasteiger partial charge in [-0.15, -0.1) is 0 Å². The van der Waals surface area contributed by atoms with Crippen LogP contribution in [0.4, 0.5) is 0 Å². The van der Waals surface area contributed by atoms with Crippen LogP contribution in [0.3, 0.4) is 0 Å². The van der Waals surface area contributed by atoms with Crippen LogP contribution in [0.5, 0.6) is 0 Å². The van der Waals surface area contributed by atoms with Gasteiger partial charge in [-0.05, 0) is 38.5 Å². The van der Waals surface area contributed by atoms with Gasteiger partial charge in [-0.3, -0.25) is 23.4 Å². The van der Waals surface area contributed by atoms with Gasteiger partial charge >= 0.3 is 25.7 Å². The molecule has 0 aromatic rings. The van der Waals surface area contributed by atoms with Crippen molar-refractivity contribution < 1.29 is 47.5 Å². The number of phosphoric ester groups is 1. The minimum absolute atomic E-state index is 0.164. The van der Waals surface area contributed by atoms with Crippen molar-refractivity contribution in [3.05, 3.63) is 12.2 Å². The SMILES string of the molecule is CCCCCCCCCC/C=C/CCCCCC(=O)OC[C@H](COP(=O)(O)OC[C@H](N)C(=O)O)OC(=O)CCCCCCCCCCCCCCCCCCCC. The number of carbonyl (C=O) groups is 3. The third kappa shape index (κ3) is 40.8. The lowest BCUT2D eigenvalue weighted by atomic mass is 10.0. The highest BCUT2D eigenvalue weighted by Crippen LogP contribution is 2.43. The summed E-state index contributed by atoms with van der Waals surface area (Å²) < 4.78 is 32.7. The Balaban J connectivity index is 4.30. The van der Waals surface area contributed by atoms with Gasteiger partial charge in [0, 0.05) is 12.8 Å². The highest BCUT2D eigenvalue weighted by molar-refractivity contribution is 7.47. The average molecular weight is 832 g/mol. The van der Waals surface area contributed by atoms with Crippen molar-refractivity contribution in [2.75, 3.05) is 19.8 Å². The lowest BCUT2D eigenvalue weighted by Crippen LogP contribution is -2.34. The van der Waals surface area contributed by atoms with Gasteiger partial charge in [0.1, 0.15) is 12.6 Å². The maximum absolute atomic E-state index is 12.6. The molecule has 0 saturated heterocycles. The van der Waals surface area contributed by atoms with E-state index in [9.17, 15) is 23.8 Å². The predicted molar refractivity (Wildman–Crippen MR) is 231 cm³/mol. The number of nitrogens with two attached hydrogens (primary N) is 1. The number of carbonyl (C=O) groups excluding carboxylic acids is 2. The molecular weight excluding hydrogens is 745 g/mol. The van der Waals surface area contributed by atoms with Gasteiger partial charge in [0.15, 0.2) is 6.10 Å². The van der Waals surface area contributed by atoms with E-state index in [0.29, 0.717) is 12.8 Å². The molecule has 3 atom stereocenters. The number of allylic oxidation sites excluding steroid dienone is 2. The highest BCUT2D eigenvalue weighted by atomic mass is 31.2. The van der Waals surface area contributed by atoms with Crippen molar-refractivity contribution in [2.24, 2.45) is 5.73 Å². The number of phosphoric acid groups is 1. The molecule has 0 aliphatic heterocycles. The lowest BCUT2D eigenvalue weighted by molar-refractivity contribution is -0.161. The van der Waals surface area contributed by atoms with Gasteiger partial charge < -0.3 is 25.2 Å². The van der Waals surface area contributed by atoms with Crippen LogP contribution >= 0.6 is 7.82 Å². The second-order valence-electron chi connectivity index (χ2n) is 15.9. The smallest absolute Gasteiger partial charge is 0.472 e. The lowest BCUT2D eigenvalue weighted by Gasteiger charge is -2.20. The van der Waals surface area contributed by atoms with E-state index < -0.39 is 51.1 Å². The molecule has 0 rings (SSSR count). The third-order valence-electron chi connectivity index (χ3n) is 10.3. The van der Waals surface area contributed by atoms with Gasteiger partial charge in [-0.1, -0.05) is 187 Å². The minimum atomic E-state index is -4.71. The average Bonchev–Trinajstić information content (AvgIpc) is 3.19. The molecule has 0 radical (unpaired) electrons. The summed E-state index contributed by atoms with van der Waals surface area (Å²) in [7, 11) is -4.71. The maximum atomic E-state index is 12.6. The van der Waals surface area contributed by atoms with E-state index in [4.69, 9.17) is 24.8 Å². The van der Waals surface area contributed by atoms with Crippen molar-refractivity contribution in [1.82, 2.24) is 0 Å². The molecule has 0 aliphatic carbocycles. The molecular formula is C45H86NO10P. The molecule has 12 heteroatoms. The van der Waals surface area contributed by atoms with E-state index in [2.05, 4.69) is 30.5 Å². The van der Waals surface area contributed by atoms with Gasteiger partial charge in [0.05, 0.1) is 13.2 Å². The van der Waals surface area contributed by atoms with E-state index in [1.165, 1.54) is 141 Å². The van der Waals surface area contributed by atoms with Crippen LogP contribution in [0.15, 0.2) is 12.2 Å². The first-order valence-corrected chi connectivity index (χ1v) is 24.7. The predicted octanol–water partition coefficient (Wildman–Crippen LogP) is 12.5. The number of carboxylic acids is 1. The summed E-state index contributed by atoms with van der Waals surface area (Å²) in [5.74, 6) is -2.38. The molecule has 0 heterocycles. The largest absolute Gasteiger partial charge is 0.480 e. The Morgan fingerprint density at radius 1 is 0.526 bits per heavy atom. The molecule has 0 bridgehead atoms. The zero-order valence-corrected chi connectivity index (χ0v) is 37.3. The molecule has 57 heavy (non-hydrogen) atoms. The van der Waals surface area contributed by atoms with E-state index >= 15 is 0 Å². The first-order chi connectivity index (χ1) is 27.6. The Bertz CT molecular complexity index is 1030. The van der Waals surface area contributed by atoms with Crippen LogP contribution < -0.4 is 5.73 Å². The van der Waals surface area contributed by atoms with Crippen molar-refractivity contribution >= 4 is 25.7 Å². The van der Waals surface area contributed by atoms with E-state index in [0.717, 1.165) is 44.9 Å². The second-order valence-corrected chi connectivity index (χ2v) is 17.3. The van der Waals surface area contributed by atoms with Crippen LogP contribution in [-0.4, -0.2) is 59.9 Å². The highest BCUT2D eigenvalue weighted by Gasteiger charge is 2.28. The number of unbranched alkanes of at least 4 members (excludes halogenated alkanes) is 28. The van der Waals surface area contributed by atoms with Gasteiger partial charge in [0.25, 0.3) is 0 Å². The topological polar surface area (TPSA) is 172 Å². The normalized spacial score (nSPS) is 13.8. The van der Waals surface area contributed by atoms with E-state index in [-0.39, 0.29) is 19.4 Å². The number of rotatable bonds is 44. The second kappa shape index (κ2) is 41.0. The van der Waals surface area contributed by atoms with Crippen molar-refractivity contribution in [3.8, 4) is 0 Å². The first kappa shape index (κ1) is 55.2. The number of ether oxygens (including phenoxy) is 2. The third-order valence-corrected chi connectivity index (χ3v) is 11.2. The van der Waals surface area contributed by atoms with Crippen molar-refractivity contribution in [1.29, 1.82) is 0 Å². The van der Waals surface area contributed by atoms with Crippen molar-refractivity contribution in [3.63, 3.8) is 0 Å². The molecule has 0 spiro atoms. The van der Waals surface area contributed by atoms with Gasteiger partial charge in [-0.2, -0.15) is 0 Å². The quantitative estimate of drug-likeness (QED) is 0.0231. The van der Waals surface area contributed by atoms with Gasteiger partial charge in [-0.25, -0.2) is 4.57 Å². The Morgan fingerprint density at radius 3 is 1.30 bits per heavy atom. The summed E-state index contributed by atoms with van der Waals surface area (Å²) in [6, 6.07) is -1.52. The van der Waals surface area contributed by atoms with Crippen LogP contribution in [0.2, 0.25) is 0 Å². The first-order valence-electron chi connectivity index (χ1n) is 23.2.